The average molecular weight is 190 g/mol. The van der Waals surface area contributed by atoms with Crippen molar-refractivity contribution >= 4 is 11.8 Å². The van der Waals surface area contributed by atoms with Gasteiger partial charge in [0.15, 0.2) is 0 Å². The maximum atomic E-state index is 5.60. The Balaban J connectivity index is 2.12. The molecule has 0 atom stereocenters. The highest BCUT2D eigenvalue weighted by molar-refractivity contribution is 5.38. The second kappa shape index (κ2) is 3.65. The molecule has 0 aliphatic carbocycles. The Morgan fingerprint density at radius 1 is 1.36 bits per heavy atom. The Morgan fingerprint density at radius 3 is 2.71 bits per heavy atom. The molecule has 2 heterocycles. The van der Waals surface area contributed by atoms with Crippen molar-refractivity contribution in [2.45, 2.75) is 12.8 Å². The van der Waals surface area contributed by atoms with Crippen LogP contribution < -0.4 is 10.6 Å². The van der Waals surface area contributed by atoms with Crippen LogP contribution in [0.3, 0.4) is 0 Å². The average Bonchev–Trinajstić information content (AvgIpc) is 2.19. The summed E-state index contributed by atoms with van der Waals surface area (Å²) in [6.07, 6.45) is 3.75. The van der Waals surface area contributed by atoms with Gasteiger partial charge in [-0.05, 0) is 18.9 Å². The highest BCUT2D eigenvalue weighted by Gasteiger charge is 2.14. The zero-order chi connectivity index (χ0) is 9.97. The molecule has 0 unspecified atom stereocenters. The molecule has 1 aliphatic rings. The van der Waals surface area contributed by atoms with Crippen molar-refractivity contribution in [2.24, 2.45) is 0 Å². The number of nitrogens with two attached hydrogens (primary N) is 1. The zero-order valence-corrected chi connectivity index (χ0v) is 8.11. The molecule has 74 valence electrons. The van der Waals surface area contributed by atoms with Crippen LogP contribution in [0.2, 0.25) is 0 Å². The van der Waals surface area contributed by atoms with E-state index in [1.54, 1.807) is 12.3 Å². The standard InChI is InChI=1S/C10H14N4/c1-8-3-6-14(7-4-8)10-12-5-2-9(11)13-10/h2,5H,1,3-4,6-7H2,(H2,11,12,13). The van der Waals surface area contributed by atoms with E-state index in [4.69, 9.17) is 5.73 Å². The van der Waals surface area contributed by atoms with Crippen LogP contribution in [0.5, 0.6) is 0 Å². The minimum atomic E-state index is 0.527. The normalized spacial score (nSPS) is 17.1. The lowest BCUT2D eigenvalue weighted by molar-refractivity contribution is 0.670. The lowest BCUT2D eigenvalue weighted by Crippen LogP contribution is -2.31. The summed E-state index contributed by atoms with van der Waals surface area (Å²) in [4.78, 5) is 10.5. The summed E-state index contributed by atoms with van der Waals surface area (Å²) in [5.74, 6) is 1.26. The molecule has 1 saturated heterocycles. The van der Waals surface area contributed by atoms with Crippen LogP contribution >= 0.6 is 0 Å². The maximum Gasteiger partial charge on any atom is 0.227 e. The Kier molecular flexibility index (Phi) is 2.35. The molecule has 0 spiro atoms. The second-order valence-electron chi connectivity index (χ2n) is 3.52. The molecule has 2 rings (SSSR count). The van der Waals surface area contributed by atoms with Gasteiger partial charge in [-0.15, -0.1) is 0 Å². The topological polar surface area (TPSA) is 55.0 Å². The molecule has 0 saturated carbocycles. The Bertz CT molecular complexity index is 338. The molecule has 0 amide bonds. The number of hydrogen-bond donors (Lipinski definition) is 1. The summed E-state index contributed by atoms with van der Waals surface area (Å²) in [5, 5.41) is 0. The molecule has 14 heavy (non-hydrogen) atoms. The third kappa shape index (κ3) is 1.84. The lowest BCUT2D eigenvalue weighted by atomic mass is 10.1. The Morgan fingerprint density at radius 2 is 2.07 bits per heavy atom. The largest absolute Gasteiger partial charge is 0.384 e. The molecule has 2 N–H and O–H groups in total. The fourth-order valence-electron chi connectivity index (χ4n) is 1.54. The van der Waals surface area contributed by atoms with E-state index in [0.29, 0.717) is 5.82 Å². The molecule has 1 fully saturated rings. The smallest absolute Gasteiger partial charge is 0.227 e. The SMILES string of the molecule is C=C1CCN(c2nccc(N)n2)CC1. The van der Waals surface area contributed by atoms with Crippen LogP contribution in [0, 0.1) is 0 Å². The fourth-order valence-corrected chi connectivity index (χ4v) is 1.54. The van der Waals surface area contributed by atoms with Crippen LogP contribution in [0.1, 0.15) is 12.8 Å². The quantitative estimate of drug-likeness (QED) is 0.676. The van der Waals surface area contributed by atoms with Crippen LogP contribution in [-0.2, 0) is 0 Å². The van der Waals surface area contributed by atoms with Crippen molar-refractivity contribution in [2.75, 3.05) is 23.7 Å². The van der Waals surface area contributed by atoms with Gasteiger partial charge in [0.1, 0.15) is 5.82 Å². The van der Waals surface area contributed by atoms with Crippen LogP contribution in [-0.4, -0.2) is 23.1 Å². The number of rotatable bonds is 1. The molecular weight excluding hydrogens is 176 g/mol. The van der Waals surface area contributed by atoms with Crippen molar-refractivity contribution in [1.82, 2.24) is 9.97 Å². The van der Waals surface area contributed by atoms with Gasteiger partial charge in [0, 0.05) is 19.3 Å². The van der Waals surface area contributed by atoms with E-state index >= 15 is 0 Å². The van der Waals surface area contributed by atoms with Gasteiger partial charge < -0.3 is 10.6 Å². The molecule has 0 radical (unpaired) electrons. The number of nitrogens with zero attached hydrogens (tertiary/aromatic N) is 3. The number of nitrogen functional groups attached to an aromatic ring is 1. The van der Waals surface area contributed by atoms with Crippen LogP contribution in [0.25, 0.3) is 0 Å². The van der Waals surface area contributed by atoms with Crippen molar-refractivity contribution in [3.63, 3.8) is 0 Å². The summed E-state index contributed by atoms with van der Waals surface area (Å²) in [5.41, 5.74) is 6.91. The zero-order valence-electron chi connectivity index (χ0n) is 8.11. The molecule has 4 heteroatoms. The van der Waals surface area contributed by atoms with E-state index in [1.807, 2.05) is 0 Å². The number of anilines is 2. The summed E-state index contributed by atoms with van der Waals surface area (Å²) in [7, 11) is 0. The van der Waals surface area contributed by atoms with Crippen molar-refractivity contribution in [1.29, 1.82) is 0 Å². The van der Waals surface area contributed by atoms with Gasteiger partial charge >= 0.3 is 0 Å². The van der Waals surface area contributed by atoms with Gasteiger partial charge in [-0.3, -0.25) is 0 Å². The predicted molar refractivity (Wildman–Crippen MR) is 57.0 cm³/mol. The van der Waals surface area contributed by atoms with E-state index in [2.05, 4.69) is 21.4 Å². The second-order valence-corrected chi connectivity index (χ2v) is 3.52. The molecule has 1 aromatic rings. The van der Waals surface area contributed by atoms with E-state index < -0.39 is 0 Å². The number of piperidine rings is 1. The third-order valence-corrected chi connectivity index (χ3v) is 2.42. The Labute approximate surface area is 83.5 Å². The molecule has 0 bridgehead atoms. The third-order valence-electron chi connectivity index (χ3n) is 2.42. The monoisotopic (exact) mass is 190 g/mol. The first-order valence-electron chi connectivity index (χ1n) is 4.76. The predicted octanol–water partition coefficient (Wildman–Crippen LogP) is 1.22. The molecular formula is C10H14N4. The highest BCUT2D eigenvalue weighted by Crippen LogP contribution is 2.18. The van der Waals surface area contributed by atoms with Crippen LogP contribution in [0.15, 0.2) is 24.4 Å². The van der Waals surface area contributed by atoms with Gasteiger partial charge in [-0.25, -0.2) is 4.98 Å². The fraction of sp³-hybridized carbons (Fsp3) is 0.400. The van der Waals surface area contributed by atoms with Gasteiger partial charge in [-0.1, -0.05) is 12.2 Å². The van der Waals surface area contributed by atoms with Crippen molar-refractivity contribution in [3.8, 4) is 0 Å². The van der Waals surface area contributed by atoms with E-state index in [9.17, 15) is 0 Å². The summed E-state index contributed by atoms with van der Waals surface area (Å²) in [6.45, 7) is 5.86. The molecule has 1 aromatic heterocycles. The summed E-state index contributed by atoms with van der Waals surface area (Å²) in [6, 6.07) is 1.70. The molecule has 4 nitrogen and oxygen atoms in total. The van der Waals surface area contributed by atoms with Crippen molar-refractivity contribution in [3.05, 3.63) is 24.4 Å². The highest BCUT2D eigenvalue weighted by atomic mass is 15.3. The first-order valence-corrected chi connectivity index (χ1v) is 4.76. The lowest BCUT2D eigenvalue weighted by Gasteiger charge is -2.27. The minimum absolute atomic E-state index is 0.527. The van der Waals surface area contributed by atoms with E-state index in [0.717, 1.165) is 31.9 Å². The maximum absolute atomic E-state index is 5.60. The van der Waals surface area contributed by atoms with Gasteiger partial charge in [0.05, 0.1) is 0 Å². The first-order chi connectivity index (χ1) is 6.75. The van der Waals surface area contributed by atoms with E-state index in [1.165, 1.54) is 5.57 Å². The Hall–Kier alpha value is -1.58. The van der Waals surface area contributed by atoms with Crippen LogP contribution in [0.4, 0.5) is 11.8 Å². The number of aromatic nitrogens is 2. The van der Waals surface area contributed by atoms with Gasteiger partial charge in [0.25, 0.3) is 0 Å². The molecule has 0 aromatic carbocycles. The van der Waals surface area contributed by atoms with E-state index in [-0.39, 0.29) is 0 Å². The summed E-state index contributed by atoms with van der Waals surface area (Å²) >= 11 is 0. The van der Waals surface area contributed by atoms with Gasteiger partial charge in [0.2, 0.25) is 5.95 Å². The minimum Gasteiger partial charge on any atom is -0.384 e. The van der Waals surface area contributed by atoms with Gasteiger partial charge in [-0.2, -0.15) is 4.98 Å². The molecule has 1 aliphatic heterocycles. The first kappa shape index (κ1) is 8.99. The summed E-state index contributed by atoms with van der Waals surface area (Å²) < 4.78 is 0. The number of hydrogen-bond acceptors (Lipinski definition) is 4. The van der Waals surface area contributed by atoms with Crippen molar-refractivity contribution < 1.29 is 0 Å².